The summed E-state index contributed by atoms with van der Waals surface area (Å²) in [6, 6.07) is 12.1. The zero-order chi connectivity index (χ0) is 23.4. The van der Waals surface area contributed by atoms with Gasteiger partial charge in [-0.1, -0.05) is 30.3 Å². The fraction of sp³-hybridized carbons (Fsp3) is 0.208. The number of carbonyl (C=O) groups is 1. The molecule has 0 aliphatic rings. The molecule has 0 unspecified atom stereocenters. The Morgan fingerprint density at radius 1 is 1.12 bits per heavy atom. The van der Waals surface area contributed by atoms with Gasteiger partial charge in [-0.25, -0.2) is 9.97 Å². The Morgan fingerprint density at radius 3 is 2.61 bits per heavy atom. The van der Waals surface area contributed by atoms with Gasteiger partial charge in [0.1, 0.15) is 23.6 Å². The number of carbonyl (C=O) groups excluding carboxylic acids is 1. The number of hydrogen-bond acceptors (Lipinski definition) is 7. The van der Waals surface area contributed by atoms with Gasteiger partial charge in [0, 0.05) is 23.6 Å². The van der Waals surface area contributed by atoms with Crippen molar-refractivity contribution in [3.05, 3.63) is 68.4 Å². The summed E-state index contributed by atoms with van der Waals surface area (Å²) < 4.78 is 12.6. The van der Waals surface area contributed by atoms with E-state index in [0.29, 0.717) is 28.3 Å². The first-order valence-corrected chi connectivity index (χ1v) is 12.2. The van der Waals surface area contributed by atoms with E-state index in [1.807, 2.05) is 36.6 Å². The Labute approximate surface area is 209 Å². The number of nitrogens with one attached hydrogen (secondary N) is 2. The first kappa shape index (κ1) is 23.2. The van der Waals surface area contributed by atoms with E-state index >= 15 is 0 Å². The minimum atomic E-state index is -0.244. The molecule has 170 valence electrons. The zero-order valence-electron chi connectivity index (χ0n) is 18.4. The van der Waals surface area contributed by atoms with Crippen molar-refractivity contribution >= 4 is 61.6 Å². The summed E-state index contributed by atoms with van der Waals surface area (Å²) in [5.74, 6) is 1.76. The van der Waals surface area contributed by atoms with Crippen molar-refractivity contribution in [3.63, 3.8) is 0 Å². The summed E-state index contributed by atoms with van der Waals surface area (Å²) >= 11 is 3.62. The molecule has 2 aromatic heterocycles. The lowest BCUT2D eigenvalue weighted by atomic mass is 10.1. The maximum Gasteiger partial charge on any atom is 0.258 e. The van der Waals surface area contributed by atoms with Gasteiger partial charge in [-0.2, -0.15) is 0 Å². The zero-order valence-corrected chi connectivity index (χ0v) is 21.4. The summed E-state index contributed by atoms with van der Waals surface area (Å²) in [6.45, 7) is 2.63. The molecule has 2 aromatic carbocycles. The molecule has 0 aliphatic carbocycles. The lowest BCUT2D eigenvalue weighted by molar-refractivity contribution is 0.102. The van der Waals surface area contributed by atoms with Crippen molar-refractivity contribution in [1.29, 1.82) is 0 Å². The topological polar surface area (TPSA) is 85.4 Å². The summed E-state index contributed by atoms with van der Waals surface area (Å²) in [7, 11) is 3.18. The van der Waals surface area contributed by atoms with Crippen molar-refractivity contribution in [3.8, 4) is 11.5 Å². The molecule has 0 fully saturated rings. The molecule has 9 heteroatoms. The highest BCUT2D eigenvalue weighted by Gasteiger charge is 2.21. The first-order chi connectivity index (χ1) is 16.0. The third kappa shape index (κ3) is 4.88. The van der Waals surface area contributed by atoms with E-state index < -0.39 is 0 Å². The quantitative estimate of drug-likeness (QED) is 0.270. The average Bonchev–Trinajstić information content (AvgIpc) is 3.28. The largest absolute Gasteiger partial charge is 0.496 e. The highest BCUT2D eigenvalue weighted by atomic mass is 127. The number of nitrogens with zero attached hydrogens (tertiary/aromatic N) is 2. The van der Waals surface area contributed by atoms with Crippen molar-refractivity contribution < 1.29 is 14.3 Å². The van der Waals surface area contributed by atoms with Crippen LogP contribution in [-0.2, 0) is 6.42 Å². The van der Waals surface area contributed by atoms with Gasteiger partial charge in [-0.3, -0.25) is 4.79 Å². The maximum atomic E-state index is 13.2. The van der Waals surface area contributed by atoms with Gasteiger partial charge in [-0.05, 0) is 41.5 Å². The number of amides is 1. The lowest BCUT2D eigenvalue weighted by Gasteiger charge is -2.16. The molecule has 7 nitrogen and oxygen atoms in total. The van der Waals surface area contributed by atoms with Crippen LogP contribution in [0.1, 0.15) is 21.5 Å². The highest BCUT2D eigenvalue weighted by molar-refractivity contribution is 14.1. The minimum absolute atomic E-state index is 0.244. The van der Waals surface area contributed by atoms with E-state index in [9.17, 15) is 4.79 Å². The second-order valence-electron chi connectivity index (χ2n) is 7.26. The van der Waals surface area contributed by atoms with Crippen LogP contribution in [-0.4, -0.2) is 36.6 Å². The number of fused-ring (bicyclic) bond motifs is 1. The summed E-state index contributed by atoms with van der Waals surface area (Å²) in [5, 5.41) is 8.22. The third-order valence-electron chi connectivity index (χ3n) is 5.27. The van der Waals surface area contributed by atoms with Crippen molar-refractivity contribution in [2.45, 2.75) is 13.3 Å². The number of rotatable bonds is 8. The normalized spacial score (nSPS) is 10.8. The smallest absolute Gasteiger partial charge is 0.258 e. The number of aromatic nitrogens is 2. The second-order valence-corrected chi connectivity index (χ2v) is 9.22. The monoisotopic (exact) mass is 574 g/mol. The Balaban J connectivity index is 1.57. The number of ether oxygens (including phenoxy) is 2. The van der Waals surface area contributed by atoms with Crippen LogP contribution in [0, 0.1) is 10.5 Å². The molecule has 0 bridgehead atoms. The fourth-order valence-corrected chi connectivity index (χ4v) is 5.38. The van der Waals surface area contributed by atoms with Crippen LogP contribution in [0.3, 0.4) is 0 Å². The lowest BCUT2D eigenvalue weighted by Crippen LogP contribution is -2.14. The van der Waals surface area contributed by atoms with Crippen LogP contribution in [0.4, 0.5) is 11.5 Å². The van der Waals surface area contributed by atoms with E-state index in [4.69, 9.17) is 9.47 Å². The van der Waals surface area contributed by atoms with Crippen LogP contribution in [0.15, 0.2) is 48.1 Å². The summed E-state index contributed by atoms with van der Waals surface area (Å²) in [6.07, 6.45) is 2.36. The van der Waals surface area contributed by atoms with Gasteiger partial charge in [0.25, 0.3) is 5.91 Å². The molecular formula is C24H23IN4O3S. The fourth-order valence-electron chi connectivity index (χ4n) is 3.50. The molecule has 0 atom stereocenters. The molecule has 0 saturated heterocycles. The average molecular weight is 574 g/mol. The Morgan fingerprint density at radius 2 is 1.88 bits per heavy atom. The predicted molar refractivity (Wildman–Crippen MR) is 141 cm³/mol. The molecule has 0 spiro atoms. The molecule has 33 heavy (non-hydrogen) atoms. The molecular weight excluding hydrogens is 551 g/mol. The number of methoxy groups -OCH3 is 2. The van der Waals surface area contributed by atoms with Crippen LogP contribution in [0.2, 0.25) is 0 Å². The van der Waals surface area contributed by atoms with Crippen molar-refractivity contribution in [2.24, 2.45) is 0 Å². The van der Waals surface area contributed by atoms with Crippen LogP contribution in [0.5, 0.6) is 11.5 Å². The molecule has 0 aliphatic heterocycles. The van der Waals surface area contributed by atoms with Crippen molar-refractivity contribution in [1.82, 2.24) is 9.97 Å². The number of thiophene rings is 1. The molecule has 2 heterocycles. The Kier molecular flexibility index (Phi) is 7.29. The van der Waals surface area contributed by atoms with Crippen LogP contribution < -0.4 is 20.1 Å². The highest BCUT2D eigenvalue weighted by Crippen LogP contribution is 2.38. The third-order valence-corrected chi connectivity index (χ3v) is 7.32. The molecule has 1 amide bonds. The van der Waals surface area contributed by atoms with Gasteiger partial charge in [-0.15, -0.1) is 11.3 Å². The molecule has 0 saturated carbocycles. The number of benzene rings is 2. The Hall–Kier alpha value is -2.92. The van der Waals surface area contributed by atoms with E-state index in [1.54, 1.807) is 14.2 Å². The number of anilines is 2. The van der Waals surface area contributed by atoms with E-state index in [-0.39, 0.29) is 5.91 Å². The van der Waals surface area contributed by atoms with Gasteiger partial charge in [0.2, 0.25) is 0 Å². The first-order valence-electron chi connectivity index (χ1n) is 10.3. The maximum absolute atomic E-state index is 13.2. The molecule has 4 aromatic rings. The molecule has 2 N–H and O–H groups in total. The Bertz CT molecular complexity index is 1270. The van der Waals surface area contributed by atoms with E-state index in [0.717, 1.165) is 32.6 Å². The second kappa shape index (κ2) is 10.3. The van der Waals surface area contributed by atoms with E-state index in [2.05, 4.69) is 55.3 Å². The van der Waals surface area contributed by atoms with Gasteiger partial charge >= 0.3 is 0 Å². The van der Waals surface area contributed by atoms with Gasteiger partial charge < -0.3 is 20.1 Å². The summed E-state index contributed by atoms with van der Waals surface area (Å²) in [5.41, 5.74) is 3.86. The minimum Gasteiger partial charge on any atom is -0.496 e. The number of halogens is 1. The van der Waals surface area contributed by atoms with Gasteiger partial charge in [0.05, 0.1) is 39.3 Å². The summed E-state index contributed by atoms with van der Waals surface area (Å²) in [4.78, 5) is 22.0. The van der Waals surface area contributed by atoms with Crippen LogP contribution >= 0.6 is 33.9 Å². The van der Waals surface area contributed by atoms with Crippen molar-refractivity contribution in [2.75, 3.05) is 31.4 Å². The van der Waals surface area contributed by atoms with Crippen LogP contribution in [0.25, 0.3) is 10.2 Å². The SMILES string of the molecule is COc1cc(OC)c(I)c(NC(=O)c2csc3c(NCCc4ccccc4)ncnc23)c1C. The predicted octanol–water partition coefficient (Wildman–Crippen LogP) is 5.53. The molecule has 4 rings (SSSR count). The van der Waals surface area contributed by atoms with Gasteiger partial charge in [0.15, 0.2) is 0 Å². The number of hydrogen-bond donors (Lipinski definition) is 2. The van der Waals surface area contributed by atoms with E-state index in [1.165, 1.54) is 23.2 Å². The molecule has 0 radical (unpaired) electrons. The standard InChI is InChI=1S/C24H23IN4O3S/c1-14-17(31-2)11-18(32-3)19(25)20(14)29-24(30)16-12-33-22-21(16)27-13-28-23(22)26-10-9-15-7-5-4-6-8-15/h4-8,11-13H,9-10H2,1-3H3,(H,29,30)(H,26,27,28).